The maximum atomic E-state index is 11.7. The Bertz CT molecular complexity index is 596. The number of likely N-dealkylation sites (tertiary alicyclic amines) is 1. The van der Waals surface area contributed by atoms with Crippen LogP contribution in [-0.2, 0) is 0 Å². The molecule has 0 aromatic heterocycles. The van der Waals surface area contributed by atoms with Crippen molar-refractivity contribution < 1.29 is 9.90 Å². The van der Waals surface area contributed by atoms with Crippen LogP contribution in [0.3, 0.4) is 0 Å². The van der Waals surface area contributed by atoms with Gasteiger partial charge in [-0.1, -0.05) is 19.1 Å². The number of rotatable bonds is 3. The monoisotopic (exact) mass is 345 g/mol. The van der Waals surface area contributed by atoms with Gasteiger partial charge in [-0.05, 0) is 63.4 Å². The lowest BCUT2D eigenvalue weighted by molar-refractivity contribution is 0.0900. The van der Waals surface area contributed by atoms with Gasteiger partial charge in [-0.25, -0.2) is 4.79 Å². The Morgan fingerprint density at radius 1 is 1.16 bits per heavy atom. The molecule has 2 saturated heterocycles. The van der Waals surface area contributed by atoms with E-state index in [2.05, 4.69) is 55.1 Å². The fraction of sp³-hybridized carbons (Fsp3) is 0.650. The lowest BCUT2D eigenvalue weighted by atomic mass is 9.90. The zero-order valence-electron chi connectivity index (χ0n) is 15.7. The summed E-state index contributed by atoms with van der Waals surface area (Å²) in [5, 5.41) is 9.60. The third kappa shape index (κ3) is 4.09. The van der Waals surface area contributed by atoms with Gasteiger partial charge in [0, 0.05) is 31.4 Å². The largest absolute Gasteiger partial charge is 0.465 e. The molecule has 1 N–H and O–H groups in total. The molecule has 2 heterocycles. The van der Waals surface area contributed by atoms with Crippen molar-refractivity contribution in [1.29, 1.82) is 0 Å². The Hall–Kier alpha value is -1.75. The highest BCUT2D eigenvalue weighted by Gasteiger charge is 2.31. The van der Waals surface area contributed by atoms with Gasteiger partial charge in [0.15, 0.2) is 0 Å². The molecule has 1 aromatic rings. The standard InChI is InChI=1S/C20H31N3O2/c1-15-7-8-19(23(14-15)20(24)25)16-5-4-6-18(13-16)22-11-9-17(10-12-22)21(2)3/h4-6,13,15,17,19H,7-12,14H2,1-3H3,(H,24,25)/t15-,19+/m0/s1. The molecule has 3 rings (SSSR count). The first-order chi connectivity index (χ1) is 12.0. The Kier molecular flexibility index (Phi) is 5.52. The number of benzene rings is 1. The minimum absolute atomic E-state index is 0.00651. The zero-order valence-corrected chi connectivity index (χ0v) is 15.7. The van der Waals surface area contributed by atoms with E-state index in [1.54, 1.807) is 4.90 Å². The van der Waals surface area contributed by atoms with Crippen molar-refractivity contribution in [3.63, 3.8) is 0 Å². The van der Waals surface area contributed by atoms with E-state index in [0.717, 1.165) is 31.5 Å². The number of amides is 1. The average Bonchev–Trinajstić information content (AvgIpc) is 2.61. The van der Waals surface area contributed by atoms with Gasteiger partial charge < -0.3 is 19.8 Å². The molecule has 2 aliphatic rings. The average molecular weight is 345 g/mol. The van der Waals surface area contributed by atoms with E-state index in [1.165, 1.54) is 18.5 Å². The summed E-state index contributed by atoms with van der Waals surface area (Å²) >= 11 is 0. The van der Waals surface area contributed by atoms with Crippen molar-refractivity contribution in [2.24, 2.45) is 5.92 Å². The van der Waals surface area contributed by atoms with Gasteiger partial charge in [-0.2, -0.15) is 0 Å². The first-order valence-corrected chi connectivity index (χ1v) is 9.46. The summed E-state index contributed by atoms with van der Waals surface area (Å²) in [5.41, 5.74) is 2.38. The van der Waals surface area contributed by atoms with E-state index < -0.39 is 6.09 Å². The second kappa shape index (κ2) is 7.65. The number of carbonyl (C=O) groups is 1. The molecule has 25 heavy (non-hydrogen) atoms. The number of piperidine rings is 2. The van der Waals surface area contributed by atoms with E-state index in [-0.39, 0.29) is 6.04 Å². The molecule has 5 heteroatoms. The van der Waals surface area contributed by atoms with Crippen LogP contribution in [-0.4, -0.2) is 60.8 Å². The summed E-state index contributed by atoms with van der Waals surface area (Å²) in [5.74, 6) is 0.445. The number of carboxylic acid groups (broad SMARTS) is 1. The summed E-state index contributed by atoms with van der Waals surface area (Å²) < 4.78 is 0. The van der Waals surface area contributed by atoms with Gasteiger partial charge in [0.1, 0.15) is 0 Å². The maximum absolute atomic E-state index is 11.7. The van der Waals surface area contributed by atoms with E-state index in [1.807, 2.05) is 0 Å². The highest BCUT2D eigenvalue weighted by molar-refractivity contribution is 5.66. The summed E-state index contributed by atoms with van der Waals surface area (Å²) in [7, 11) is 4.32. The fourth-order valence-corrected chi connectivity index (χ4v) is 4.28. The van der Waals surface area contributed by atoms with Crippen LogP contribution in [0.4, 0.5) is 10.5 Å². The second-order valence-corrected chi connectivity index (χ2v) is 7.91. The van der Waals surface area contributed by atoms with Gasteiger partial charge in [0.25, 0.3) is 0 Å². The number of hydrogen-bond donors (Lipinski definition) is 1. The number of nitrogens with zero attached hydrogens (tertiary/aromatic N) is 3. The van der Waals surface area contributed by atoms with Crippen molar-refractivity contribution >= 4 is 11.8 Å². The zero-order chi connectivity index (χ0) is 18.0. The fourth-order valence-electron chi connectivity index (χ4n) is 4.28. The molecule has 1 aromatic carbocycles. The van der Waals surface area contributed by atoms with E-state index in [9.17, 15) is 9.90 Å². The van der Waals surface area contributed by atoms with Crippen molar-refractivity contribution in [2.45, 2.75) is 44.7 Å². The van der Waals surface area contributed by atoms with Gasteiger partial charge in [-0.15, -0.1) is 0 Å². The van der Waals surface area contributed by atoms with Gasteiger partial charge in [0.2, 0.25) is 0 Å². The molecule has 0 spiro atoms. The van der Waals surface area contributed by atoms with Crippen molar-refractivity contribution in [3.8, 4) is 0 Å². The SMILES string of the molecule is C[C@H]1CC[C@H](c2cccc(N3CCC(N(C)C)CC3)c2)N(C(=O)O)C1. The number of hydrogen-bond acceptors (Lipinski definition) is 3. The quantitative estimate of drug-likeness (QED) is 0.908. The molecule has 5 nitrogen and oxygen atoms in total. The smallest absolute Gasteiger partial charge is 0.407 e. The Labute approximate surface area is 151 Å². The minimum Gasteiger partial charge on any atom is -0.465 e. The molecule has 2 atom stereocenters. The highest BCUT2D eigenvalue weighted by atomic mass is 16.4. The minimum atomic E-state index is -0.797. The first kappa shape index (κ1) is 18.1. The van der Waals surface area contributed by atoms with Crippen LogP contribution in [0.5, 0.6) is 0 Å². The maximum Gasteiger partial charge on any atom is 0.407 e. The lowest BCUT2D eigenvalue weighted by Crippen LogP contribution is -2.42. The van der Waals surface area contributed by atoms with Gasteiger partial charge in [-0.3, -0.25) is 0 Å². The molecule has 2 aliphatic heterocycles. The lowest BCUT2D eigenvalue weighted by Gasteiger charge is -2.38. The Morgan fingerprint density at radius 3 is 2.52 bits per heavy atom. The summed E-state index contributed by atoms with van der Waals surface area (Å²) in [4.78, 5) is 18.1. The summed E-state index contributed by atoms with van der Waals surface area (Å²) in [6.45, 7) is 4.91. The molecule has 0 radical (unpaired) electrons. The summed E-state index contributed by atoms with van der Waals surface area (Å²) in [6, 6.07) is 9.21. The molecule has 1 amide bonds. The molecule has 2 fully saturated rings. The van der Waals surface area contributed by atoms with Crippen LogP contribution >= 0.6 is 0 Å². The van der Waals surface area contributed by atoms with Crippen LogP contribution in [0, 0.1) is 5.92 Å². The molecule has 0 unspecified atom stereocenters. The van der Waals surface area contributed by atoms with Gasteiger partial charge in [0.05, 0.1) is 6.04 Å². The van der Waals surface area contributed by atoms with Crippen molar-refractivity contribution in [1.82, 2.24) is 9.80 Å². The van der Waals surface area contributed by atoms with Crippen LogP contribution in [0.25, 0.3) is 0 Å². The van der Waals surface area contributed by atoms with E-state index >= 15 is 0 Å². The van der Waals surface area contributed by atoms with Crippen LogP contribution in [0.2, 0.25) is 0 Å². The van der Waals surface area contributed by atoms with Crippen molar-refractivity contribution in [3.05, 3.63) is 29.8 Å². The predicted octanol–water partition coefficient (Wildman–Crippen LogP) is 3.67. The highest BCUT2D eigenvalue weighted by Crippen LogP contribution is 2.35. The van der Waals surface area contributed by atoms with Crippen molar-refractivity contribution in [2.75, 3.05) is 38.6 Å². The van der Waals surface area contributed by atoms with Gasteiger partial charge >= 0.3 is 6.09 Å². The molecule has 0 aliphatic carbocycles. The molecule has 0 saturated carbocycles. The first-order valence-electron chi connectivity index (χ1n) is 9.46. The normalized spacial score (nSPS) is 25.4. The predicted molar refractivity (Wildman–Crippen MR) is 101 cm³/mol. The molecule has 138 valence electrons. The van der Waals surface area contributed by atoms with Crippen LogP contribution in [0.1, 0.15) is 44.2 Å². The molecular weight excluding hydrogens is 314 g/mol. The Balaban J connectivity index is 1.74. The van der Waals surface area contributed by atoms with Crippen LogP contribution in [0.15, 0.2) is 24.3 Å². The molecular formula is C20H31N3O2. The van der Waals surface area contributed by atoms with E-state index in [0.29, 0.717) is 18.5 Å². The van der Waals surface area contributed by atoms with E-state index in [4.69, 9.17) is 0 Å². The Morgan fingerprint density at radius 2 is 1.88 bits per heavy atom. The summed E-state index contributed by atoms with van der Waals surface area (Å²) in [6.07, 6.45) is 3.57. The number of anilines is 1. The third-order valence-corrected chi connectivity index (χ3v) is 5.88. The topological polar surface area (TPSA) is 47.0 Å². The molecule has 0 bridgehead atoms. The van der Waals surface area contributed by atoms with Crippen LogP contribution < -0.4 is 4.90 Å². The second-order valence-electron chi connectivity index (χ2n) is 7.91. The third-order valence-electron chi connectivity index (χ3n) is 5.88.